The summed E-state index contributed by atoms with van der Waals surface area (Å²) >= 11 is -0.556. The molecular formula is C38H26Cl2O2Ti-2. The molecule has 2 nitrogen and oxygen atoms in total. The Hall–Kier alpha value is -4.05. The van der Waals surface area contributed by atoms with Crippen molar-refractivity contribution in [3.8, 4) is 44.9 Å². The van der Waals surface area contributed by atoms with Crippen molar-refractivity contribution in [2.75, 3.05) is 0 Å². The molecule has 43 heavy (non-hydrogen) atoms. The average molecular weight is 633 g/mol. The molecular weight excluding hydrogens is 607 g/mol. The van der Waals surface area contributed by atoms with Gasteiger partial charge in [-0.25, -0.2) is 0 Å². The molecule has 8 aromatic rings. The summed E-state index contributed by atoms with van der Waals surface area (Å²) in [6.45, 7) is 0. The van der Waals surface area contributed by atoms with Crippen LogP contribution in [0.25, 0.3) is 66.4 Å². The van der Waals surface area contributed by atoms with E-state index < -0.39 is 17.0 Å². The molecule has 5 heteroatoms. The van der Waals surface area contributed by atoms with Crippen LogP contribution in [0.5, 0.6) is 0 Å². The quantitative estimate of drug-likeness (QED) is 0.142. The molecule has 0 aliphatic rings. The van der Waals surface area contributed by atoms with E-state index in [4.69, 9.17) is 27.4 Å². The Morgan fingerprint density at radius 1 is 0.465 bits per heavy atom. The number of furan rings is 2. The van der Waals surface area contributed by atoms with E-state index in [1.807, 2.05) is 36.4 Å². The van der Waals surface area contributed by atoms with E-state index in [9.17, 15) is 0 Å². The minimum absolute atomic E-state index is 0.556. The maximum Gasteiger partial charge on any atom is 0.0796 e. The van der Waals surface area contributed by atoms with Gasteiger partial charge >= 0.3 is 35.6 Å². The van der Waals surface area contributed by atoms with Crippen LogP contribution in [0, 0.1) is 0 Å². The standard InChI is InChI=1S/2C19H13O.2ClH.Ti/c2*1-2-6-14(7-3-1)17-9-4-8-15-12-16(13-18(15)17)19-10-5-11-20-19;;;/h2*1-13H;2*1H;/q2*-1;;;+2/p-2. The van der Waals surface area contributed by atoms with Crippen molar-refractivity contribution in [2.24, 2.45) is 0 Å². The molecule has 8 rings (SSSR count). The zero-order valence-corrected chi connectivity index (χ0v) is 26.2. The number of hydrogen-bond donors (Lipinski definition) is 0. The van der Waals surface area contributed by atoms with Crippen LogP contribution in [0.15, 0.2) is 167 Å². The predicted molar refractivity (Wildman–Crippen MR) is 177 cm³/mol. The van der Waals surface area contributed by atoms with Crippen molar-refractivity contribution < 1.29 is 25.9 Å². The zero-order chi connectivity index (χ0) is 29.4. The van der Waals surface area contributed by atoms with Gasteiger partial charge in [-0.2, -0.15) is 0 Å². The number of benzene rings is 4. The van der Waals surface area contributed by atoms with Crippen LogP contribution >= 0.6 is 18.6 Å². The maximum absolute atomic E-state index is 5.49. The summed E-state index contributed by atoms with van der Waals surface area (Å²) in [7, 11) is 9.78. The maximum atomic E-state index is 5.49. The molecule has 0 aliphatic carbocycles. The van der Waals surface area contributed by atoms with Gasteiger partial charge in [-0.15, -0.1) is 57.9 Å². The van der Waals surface area contributed by atoms with Crippen LogP contribution < -0.4 is 0 Å². The zero-order valence-electron chi connectivity index (χ0n) is 23.1. The molecule has 6 aromatic carbocycles. The number of hydrogen-bond acceptors (Lipinski definition) is 2. The summed E-state index contributed by atoms with van der Waals surface area (Å²) in [6.07, 6.45) is 3.43. The predicted octanol–water partition coefficient (Wildman–Crippen LogP) is 12.3. The van der Waals surface area contributed by atoms with Crippen LogP contribution in [0.2, 0.25) is 0 Å². The molecule has 0 amide bonds. The van der Waals surface area contributed by atoms with E-state index in [-0.39, 0.29) is 0 Å². The van der Waals surface area contributed by atoms with E-state index in [1.165, 1.54) is 43.8 Å². The van der Waals surface area contributed by atoms with E-state index in [2.05, 4.69) is 109 Å². The molecule has 2 heterocycles. The molecule has 0 bridgehead atoms. The van der Waals surface area contributed by atoms with Crippen LogP contribution in [-0.2, 0) is 17.0 Å². The first kappa shape index (κ1) is 29.0. The molecule has 0 saturated heterocycles. The second kappa shape index (κ2) is 14.0. The fraction of sp³-hybridized carbons (Fsp3) is 0. The van der Waals surface area contributed by atoms with E-state index in [0.29, 0.717) is 0 Å². The van der Waals surface area contributed by atoms with Gasteiger partial charge in [0.05, 0.1) is 24.0 Å². The summed E-state index contributed by atoms with van der Waals surface area (Å²) < 4.78 is 11.0. The first-order chi connectivity index (χ1) is 21.2. The SMILES string of the molecule is [Cl][Ti][Cl].c1ccc(-c2cccc3[cH-]c(-c4ccco4)cc23)cc1.c1ccc(-c2cccc3[cH-]c(-c4ccco4)cc23)cc1. The Bertz CT molecular complexity index is 1860. The van der Waals surface area contributed by atoms with Crippen molar-refractivity contribution in [2.45, 2.75) is 0 Å². The molecule has 0 fully saturated rings. The number of fused-ring (bicyclic) bond motifs is 2. The molecule has 2 aromatic heterocycles. The van der Waals surface area contributed by atoms with Gasteiger partial charge in [0.1, 0.15) is 0 Å². The van der Waals surface area contributed by atoms with E-state index >= 15 is 0 Å². The molecule has 0 atom stereocenters. The smallest absolute Gasteiger partial charge is 0.0796 e. The van der Waals surface area contributed by atoms with E-state index in [1.54, 1.807) is 12.5 Å². The summed E-state index contributed by atoms with van der Waals surface area (Å²) in [5.74, 6) is 1.83. The normalized spacial score (nSPS) is 10.6. The number of halogens is 2. The Morgan fingerprint density at radius 2 is 0.884 bits per heavy atom. The third-order valence-electron chi connectivity index (χ3n) is 7.28. The minimum Gasteiger partial charge on any atom is -0.499 e. The summed E-state index contributed by atoms with van der Waals surface area (Å²) in [4.78, 5) is 0. The Labute approximate surface area is 267 Å². The Morgan fingerprint density at radius 3 is 1.26 bits per heavy atom. The van der Waals surface area contributed by atoms with Crippen molar-refractivity contribution in [1.82, 2.24) is 0 Å². The van der Waals surface area contributed by atoms with Gasteiger partial charge < -0.3 is 8.83 Å². The van der Waals surface area contributed by atoms with Crippen LogP contribution in [0.1, 0.15) is 0 Å². The van der Waals surface area contributed by atoms with Crippen molar-refractivity contribution in [1.29, 1.82) is 0 Å². The van der Waals surface area contributed by atoms with Crippen molar-refractivity contribution in [3.63, 3.8) is 0 Å². The average Bonchev–Trinajstić information content (AvgIpc) is 3.88. The van der Waals surface area contributed by atoms with E-state index in [0.717, 1.165) is 22.6 Å². The second-order valence-electron chi connectivity index (χ2n) is 9.86. The summed E-state index contributed by atoms with van der Waals surface area (Å²) in [5, 5.41) is 5.03. The van der Waals surface area contributed by atoms with Crippen LogP contribution in [0.4, 0.5) is 0 Å². The molecule has 0 spiro atoms. The fourth-order valence-electron chi connectivity index (χ4n) is 5.38. The molecule has 0 radical (unpaired) electrons. The molecule has 0 unspecified atom stereocenters. The van der Waals surface area contributed by atoms with Crippen LogP contribution in [0.3, 0.4) is 0 Å². The van der Waals surface area contributed by atoms with Gasteiger partial charge in [-0.05, 0) is 23.3 Å². The molecule has 0 aliphatic heterocycles. The van der Waals surface area contributed by atoms with Crippen LogP contribution in [-0.4, -0.2) is 0 Å². The molecule has 0 saturated carbocycles. The van der Waals surface area contributed by atoms with Gasteiger partial charge in [-0.1, -0.05) is 119 Å². The van der Waals surface area contributed by atoms with Gasteiger partial charge in [0, 0.05) is 0 Å². The number of rotatable bonds is 4. The van der Waals surface area contributed by atoms with Gasteiger partial charge in [0.15, 0.2) is 0 Å². The van der Waals surface area contributed by atoms with Crippen molar-refractivity contribution in [3.05, 3.63) is 158 Å². The minimum atomic E-state index is -0.556. The fourth-order valence-corrected chi connectivity index (χ4v) is 5.38. The van der Waals surface area contributed by atoms with Gasteiger partial charge in [0.2, 0.25) is 0 Å². The third-order valence-corrected chi connectivity index (χ3v) is 7.28. The Kier molecular flexibility index (Phi) is 9.42. The van der Waals surface area contributed by atoms with Crippen molar-refractivity contribution >= 4 is 40.2 Å². The topological polar surface area (TPSA) is 26.3 Å². The first-order valence-corrected chi connectivity index (χ1v) is 18.1. The second-order valence-corrected chi connectivity index (χ2v) is 12.4. The summed E-state index contributed by atoms with van der Waals surface area (Å²) in [6, 6.07) is 50.4. The summed E-state index contributed by atoms with van der Waals surface area (Å²) in [5.41, 5.74) is 7.29. The van der Waals surface area contributed by atoms with Gasteiger partial charge in [0.25, 0.3) is 0 Å². The monoisotopic (exact) mass is 632 g/mol. The Balaban J connectivity index is 0.000000141. The third kappa shape index (κ3) is 6.64. The first-order valence-electron chi connectivity index (χ1n) is 13.8. The molecule has 210 valence electrons. The van der Waals surface area contributed by atoms with Gasteiger partial charge in [-0.3, -0.25) is 0 Å². The molecule has 0 N–H and O–H groups in total. The largest absolute Gasteiger partial charge is 0.499 e.